The lowest BCUT2D eigenvalue weighted by Crippen LogP contribution is -2.45. The van der Waals surface area contributed by atoms with Crippen LogP contribution in [0.15, 0.2) is 46.9 Å². The van der Waals surface area contributed by atoms with Crippen LogP contribution >= 0.6 is 24.8 Å². The number of nitrogens with one attached hydrogen (secondary N) is 1. The Morgan fingerprint density at radius 1 is 1.14 bits per heavy atom. The summed E-state index contributed by atoms with van der Waals surface area (Å²) in [5.74, 6) is 1.37. The van der Waals surface area contributed by atoms with Gasteiger partial charge in [0, 0.05) is 25.7 Å². The van der Waals surface area contributed by atoms with Crippen LogP contribution in [0.25, 0.3) is 0 Å². The third-order valence-corrected chi connectivity index (χ3v) is 5.18. The molecule has 1 aromatic heterocycles. The number of furan rings is 1. The van der Waals surface area contributed by atoms with Crippen LogP contribution in [-0.4, -0.2) is 43.7 Å². The zero-order chi connectivity index (χ0) is 19.2. The zero-order valence-corrected chi connectivity index (χ0v) is 18.5. The summed E-state index contributed by atoms with van der Waals surface area (Å²) in [6, 6.07) is 13.3. The van der Waals surface area contributed by atoms with Crippen molar-refractivity contribution in [2.24, 2.45) is 11.7 Å². The molecule has 162 valence electrons. The normalized spacial score (nSPS) is 17.3. The zero-order valence-electron chi connectivity index (χ0n) is 16.9. The lowest BCUT2D eigenvalue weighted by Gasteiger charge is -2.33. The second-order valence-electron chi connectivity index (χ2n) is 7.08. The number of hydrogen-bond acceptors (Lipinski definition) is 5. The fourth-order valence-corrected chi connectivity index (χ4v) is 3.42. The van der Waals surface area contributed by atoms with Crippen molar-refractivity contribution in [3.8, 4) is 0 Å². The number of carbonyl (C=O) groups excluding carboxylic acids is 1. The monoisotopic (exact) mass is 443 g/mol. The molecule has 1 amide bonds. The minimum Gasteiger partial charge on any atom is -0.465 e. The fraction of sp³-hybridized carbons (Fsp3) is 0.476. The predicted molar refractivity (Wildman–Crippen MR) is 119 cm³/mol. The minimum atomic E-state index is -0.334. The Labute approximate surface area is 185 Å². The first kappa shape index (κ1) is 25.5. The largest absolute Gasteiger partial charge is 0.465 e. The maximum atomic E-state index is 12.7. The SMILES string of the molecule is Cc1ccc(C(CNC(=O)C(C)C(N)c2ccccc2)N2CCOCC2)o1.Cl.Cl. The molecule has 3 N–H and O–H groups in total. The first-order valence-electron chi connectivity index (χ1n) is 9.52. The van der Waals surface area contributed by atoms with Crippen LogP contribution < -0.4 is 11.1 Å². The molecule has 0 spiro atoms. The van der Waals surface area contributed by atoms with Crippen molar-refractivity contribution in [1.29, 1.82) is 0 Å². The summed E-state index contributed by atoms with van der Waals surface area (Å²) in [4.78, 5) is 15.0. The van der Waals surface area contributed by atoms with E-state index in [2.05, 4.69) is 10.2 Å². The lowest BCUT2D eigenvalue weighted by atomic mass is 9.94. The summed E-state index contributed by atoms with van der Waals surface area (Å²) >= 11 is 0. The summed E-state index contributed by atoms with van der Waals surface area (Å²) in [6.45, 7) is 7.31. The number of aryl methyl sites for hydroxylation is 1. The second-order valence-corrected chi connectivity index (χ2v) is 7.08. The van der Waals surface area contributed by atoms with E-state index in [4.69, 9.17) is 14.9 Å². The number of halogens is 2. The van der Waals surface area contributed by atoms with E-state index in [1.807, 2.05) is 56.3 Å². The third kappa shape index (κ3) is 6.73. The van der Waals surface area contributed by atoms with Gasteiger partial charge < -0.3 is 20.2 Å². The molecule has 2 heterocycles. The van der Waals surface area contributed by atoms with E-state index in [0.717, 1.165) is 30.2 Å². The summed E-state index contributed by atoms with van der Waals surface area (Å²) in [6.07, 6.45) is 0. The maximum absolute atomic E-state index is 12.7. The molecule has 2 aromatic rings. The van der Waals surface area contributed by atoms with Crippen LogP contribution in [0.5, 0.6) is 0 Å². The highest BCUT2D eigenvalue weighted by Gasteiger charge is 2.28. The number of nitrogens with two attached hydrogens (primary N) is 1. The molecule has 3 unspecified atom stereocenters. The van der Waals surface area contributed by atoms with Crippen LogP contribution in [-0.2, 0) is 9.53 Å². The van der Waals surface area contributed by atoms with Crippen molar-refractivity contribution in [2.75, 3.05) is 32.8 Å². The van der Waals surface area contributed by atoms with Crippen LogP contribution in [0.3, 0.4) is 0 Å². The predicted octanol–water partition coefficient (Wildman–Crippen LogP) is 3.26. The number of hydrogen-bond donors (Lipinski definition) is 2. The van der Waals surface area contributed by atoms with Gasteiger partial charge in [0.15, 0.2) is 0 Å². The molecule has 1 fully saturated rings. The van der Waals surface area contributed by atoms with Crippen LogP contribution in [0, 0.1) is 12.8 Å². The molecule has 0 aliphatic carbocycles. The van der Waals surface area contributed by atoms with Crippen molar-refractivity contribution < 1.29 is 13.9 Å². The van der Waals surface area contributed by atoms with Crippen LogP contribution in [0.2, 0.25) is 0 Å². The Morgan fingerprint density at radius 3 is 2.38 bits per heavy atom. The molecule has 8 heteroatoms. The van der Waals surface area contributed by atoms with E-state index in [9.17, 15) is 4.79 Å². The quantitative estimate of drug-likeness (QED) is 0.685. The van der Waals surface area contributed by atoms with Gasteiger partial charge in [-0.05, 0) is 24.6 Å². The first-order valence-corrected chi connectivity index (χ1v) is 9.52. The summed E-state index contributed by atoms with van der Waals surface area (Å²) in [7, 11) is 0. The number of nitrogens with zero attached hydrogens (tertiary/aromatic N) is 1. The van der Waals surface area contributed by atoms with Gasteiger partial charge in [-0.15, -0.1) is 24.8 Å². The minimum absolute atomic E-state index is 0. The number of carbonyl (C=O) groups is 1. The lowest BCUT2D eigenvalue weighted by molar-refractivity contribution is -0.125. The molecular formula is C21H31Cl2N3O3. The molecular weight excluding hydrogens is 413 g/mol. The van der Waals surface area contributed by atoms with Gasteiger partial charge in [0.25, 0.3) is 0 Å². The smallest absolute Gasteiger partial charge is 0.224 e. The summed E-state index contributed by atoms with van der Waals surface area (Å²) in [5.41, 5.74) is 7.26. The van der Waals surface area contributed by atoms with E-state index >= 15 is 0 Å². The Hall–Kier alpha value is -1.57. The number of benzene rings is 1. The van der Waals surface area contributed by atoms with Crippen molar-refractivity contribution in [1.82, 2.24) is 10.2 Å². The molecule has 1 aliphatic heterocycles. The molecule has 1 saturated heterocycles. The Morgan fingerprint density at radius 2 is 1.79 bits per heavy atom. The molecule has 0 bridgehead atoms. The Kier molecular flexibility index (Phi) is 10.7. The average molecular weight is 444 g/mol. The Bertz CT molecular complexity index is 736. The van der Waals surface area contributed by atoms with Crippen molar-refractivity contribution >= 4 is 30.7 Å². The molecule has 6 nitrogen and oxygen atoms in total. The second kappa shape index (κ2) is 12.2. The van der Waals surface area contributed by atoms with Gasteiger partial charge in [-0.3, -0.25) is 9.69 Å². The highest BCUT2D eigenvalue weighted by Crippen LogP contribution is 2.24. The number of rotatable bonds is 7. The highest BCUT2D eigenvalue weighted by molar-refractivity contribution is 5.85. The van der Waals surface area contributed by atoms with Gasteiger partial charge in [0.2, 0.25) is 5.91 Å². The van der Waals surface area contributed by atoms with E-state index < -0.39 is 0 Å². The molecule has 0 saturated carbocycles. The van der Waals surface area contributed by atoms with Gasteiger partial charge in [-0.2, -0.15) is 0 Å². The van der Waals surface area contributed by atoms with E-state index in [0.29, 0.717) is 19.8 Å². The van der Waals surface area contributed by atoms with E-state index in [1.54, 1.807) is 0 Å². The van der Waals surface area contributed by atoms with Gasteiger partial charge in [-0.1, -0.05) is 37.3 Å². The molecule has 3 atom stereocenters. The van der Waals surface area contributed by atoms with Gasteiger partial charge in [0.05, 0.1) is 25.2 Å². The molecule has 29 heavy (non-hydrogen) atoms. The number of morpholine rings is 1. The third-order valence-electron chi connectivity index (χ3n) is 5.18. The Balaban J connectivity index is 0.00000210. The van der Waals surface area contributed by atoms with Gasteiger partial charge in [-0.25, -0.2) is 0 Å². The average Bonchev–Trinajstić information content (AvgIpc) is 3.14. The topological polar surface area (TPSA) is 80.7 Å². The highest BCUT2D eigenvalue weighted by atomic mass is 35.5. The molecule has 1 aromatic carbocycles. The molecule has 0 radical (unpaired) electrons. The maximum Gasteiger partial charge on any atom is 0.224 e. The van der Waals surface area contributed by atoms with Gasteiger partial charge >= 0.3 is 0 Å². The standard InChI is InChI=1S/C21H29N3O3.2ClH/c1-15-8-9-19(27-15)18(24-10-12-26-13-11-24)14-23-21(25)16(2)20(22)17-6-4-3-5-7-17;;/h3-9,16,18,20H,10-14,22H2,1-2H3,(H,23,25);2*1H. The fourth-order valence-electron chi connectivity index (χ4n) is 3.42. The summed E-state index contributed by atoms with van der Waals surface area (Å²) in [5, 5.41) is 3.08. The summed E-state index contributed by atoms with van der Waals surface area (Å²) < 4.78 is 11.3. The van der Waals surface area contributed by atoms with Crippen molar-refractivity contribution in [3.05, 3.63) is 59.5 Å². The van der Waals surface area contributed by atoms with Gasteiger partial charge in [0.1, 0.15) is 11.5 Å². The van der Waals surface area contributed by atoms with Crippen LogP contribution in [0.4, 0.5) is 0 Å². The molecule has 1 aliphatic rings. The van der Waals surface area contributed by atoms with E-state index in [1.165, 1.54) is 0 Å². The number of ether oxygens (including phenoxy) is 1. The van der Waals surface area contributed by atoms with Crippen molar-refractivity contribution in [2.45, 2.75) is 25.9 Å². The van der Waals surface area contributed by atoms with Crippen molar-refractivity contribution in [3.63, 3.8) is 0 Å². The number of amides is 1. The van der Waals surface area contributed by atoms with Crippen LogP contribution in [0.1, 0.15) is 36.1 Å². The first-order chi connectivity index (χ1) is 13.1. The van der Waals surface area contributed by atoms with E-state index in [-0.39, 0.29) is 48.7 Å². The molecule has 3 rings (SSSR count).